The number of fused-ring (bicyclic) bond motifs is 1. The quantitative estimate of drug-likeness (QED) is 0.724. The van der Waals surface area contributed by atoms with Crippen LogP contribution in [0.1, 0.15) is 26.7 Å². The van der Waals surface area contributed by atoms with Crippen LogP contribution in [0.4, 0.5) is 0 Å². The van der Waals surface area contributed by atoms with Crippen molar-refractivity contribution >= 4 is 34.5 Å². The van der Waals surface area contributed by atoms with Crippen molar-refractivity contribution in [1.29, 1.82) is 0 Å². The summed E-state index contributed by atoms with van der Waals surface area (Å²) in [7, 11) is 0. The van der Waals surface area contributed by atoms with E-state index in [1.165, 1.54) is 11.8 Å². The molecule has 0 bridgehead atoms. The summed E-state index contributed by atoms with van der Waals surface area (Å²) in [6.45, 7) is 5.49. The van der Waals surface area contributed by atoms with Crippen LogP contribution in [0.25, 0.3) is 11.0 Å². The lowest BCUT2D eigenvalue weighted by Crippen LogP contribution is -2.40. The molecule has 1 unspecified atom stereocenters. The SMILES string of the molecule is CC(C)C(=O)[C@H](Sc1nc2ccccc2n1CC(=O)O)C1CCCNC1. The molecular weight excluding hydrogens is 350 g/mol. The molecule has 1 saturated heterocycles. The molecule has 3 rings (SSSR count). The number of imidazole rings is 1. The highest BCUT2D eigenvalue weighted by Gasteiger charge is 2.33. The summed E-state index contributed by atoms with van der Waals surface area (Å²) in [5, 5.41) is 13.1. The smallest absolute Gasteiger partial charge is 0.323 e. The van der Waals surface area contributed by atoms with E-state index in [-0.39, 0.29) is 29.4 Å². The summed E-state index contributed by atoms with van der Waals surface area (Å²) in [5.41, 5.74) is 1.55. The molecule has 0 aliphatic carbocycles. The maximum Gasteiger partial charge on any atom is 0.323 e. The molecule has 1 aliphatic rings. The van der Waals surface area contributed by atoms with E-state index in [1.807, 2.05) is 38.1 Å². The number of aromatic nitrogens is 2. The number of benzene rings is 1. The summed E-state index contributed by atoms with van der Waals surface area (Å²) in [6.07, 6.45) is 2.06. The highest BCUT2D eigenvalue weighted by atomic mass is 32.2. The zero-order valence-corrected chi connectivity index (χ0v) is 16.0. The van der Waals surface area contributed by atoms with Crippen LogP contribution in [-0.2, 0) is 16.1 Å². The number of nitrogens with one attached hydrogen (secondary N) is 1. The molecule has 2 aromatic rings. The lowest BCUT2D eigenvalue weighted by molar-refractivity contribution is -0.137. The van der Waals surface area contributed by atoms with Gasteiger partial charge in [0.1, 0.15) is 12.3 Å². The van der Waals surface area contributed by atoms with Gasteiger partial charge >= 0.3 is 5.97 Å². The minimum Gasteiger partial charge on any atom is -0.480 e. The van der Waals surface area contributed by atoms with Gasteiger partial charge < -0.3 is 15.0 Å². The molecule has 7 heteroatoms. The van der Waals surface area contributed by atoms with Crippen LogP contribution in [0.15, 0.2) is 29.4 Å². The van der Waals surface area contributed by atoms with Crippen molar-refractivity contribution in [2.45, 2.75) is 43.6 Å². The zero-order chi connectivity index (χ0) is 18.7. The van der Waals surface area contributed by atoms with E-state index >= 15 is 0 Å². The van der Waals surface area contributed by atoms with E-state index in [0.717, 1.165) is 37.0 Å². The first-order valence-corrected chi connectivity index (χ1v) is 9.93. The standard InChI is InChI=1S/C19H25N3O3S/c1-12(2)17(25)18(13-6-5-9-20-10-13)26-19-21-14-7-3-4-8-15(14)22(19)11-16(23)24/h3-4,7-8,12-13,18,20H,5-6,9-11H2,1-2H3,(H,23,24)/t13?,18-/m1/s1. The molecule has 1 aliphatic heterocycles. The number of thioether (sulfide) groups is 1. The summed E-state index contributed by atoms with van der Waals surface area (Å²) in [6, 6.07) is 7.51. The average Bonchev–Trinajstić information content (AvgIpc) is 2.96. The van der Waals surface area contributed by atoms with Crippen molar-refractivity contribution in [3.8, 4) is 0 Å². The molecule has 2 N–H and O–H groups in total. The maximum atomic E-state index is 12.9. The number of piperidine rings is 1. The summed E-state index contributed by atoms with van der Waals surface area (Å²) in [4.78, 5) is 28.9. The number of carbonyl (C=O) groups is 2. The Kier molecular flexibility index (Phi) is 5.98. The molecule has 1 aromatic heterocycles. The molecule has 0 spiro atoms. The second-order valence-electron chi connectivity index (χ2n) is 7.06. The molecule has 0 radical (unpaired) electrons. The van der Waals surface area contributed by atoms with E-state index in [9.17, 15) is 14.7 Å². The second kappa shape index (κ2) is 8.22. The number of carbonyl (C=O) groups excluding carboxylic acids is 1. The van der Waals surface area contributed by atoms with Gasteiger partial charge in [0.15, 0.2) is 5.16 Å². The first kappa shape index (κ1) is 18.9. The fourth-order valence-corrected chi connectivity index (χ4v) is 4.88. The number of ketones is 1. The Hall–Kier alpha value is -1.86. The van der Waals surface area contributed by atoms with Gasteiger partial charge in [-0.15, -0.1) is 0 Å². The monoisotopic (exact) mass is 375 g/mol. The Morgan fingerprint density at radius 1 is 1.38 bits per heavy atom. The minimum atomic E-state index is -0.916. The molecule has 6 nitrogen and oxygen atoms in total. The number of hydrogen-bond donors (Lipinski definition) is 2. The molecule has 26 heavy (non-hydrogen) atoms. The van der Waals surface area contributed by atoms with Crippen molar-refractivity contribution in [3.63, 3.8) is 0 Å². The Bertz CT molecular complexity index is 796. The topological polar surface area (TPSA) is 84.2 Å². The van der Waals surface area contributed by atoms with Gasteiger partial charge in [-0.05, 0) is 44.0 Å². The normalized spacial score (nSPS) is 19.0. The first-order valence-electron chi connectivity index (χ1n) is 9.05. The number of rotatable bonds is 7. The molecule has 2 heterocycles. The fraction of sp³-hybridized carbons (Fsp3) is 0.526. The number of nitrogens with zero attached hydrogens (tertiary/aromatic N) is 2. The molecular formula is C19H25N3O3S. The lowest BCUT2D eigenvalue weighted by atomic mass is 9.90. The van der Waals surface area contributed by atoms with E-state index < -0.39 is 5.97 Å². The predicted octanol–water partition coefficient (Wildman–Crippen LogP) is 2.81. The van der Waals surface area contributed by atoms with Crippen LogP contribution in [0.2, 0.25) is 0 Å². The fourth-order valence-electron chi connectivity index (χ4n) is 3.40. The number of para-hydroxylation sites is 2. The van der Waals surface area contributed by atoms with Crippen molar-refractivity contribution in [1.82, 2.24) is 14.9 Å². The van der Waals surface area contributed by atoms with Gasteiger partial charge in [0.2, 0.25) is 0 Å². The average molecular weight is 375 g/mol. The maximum absolute atomic E-state index is 12.9. The first-order chi connectivity index (χ1) is 12.5. The lowest BCUT2D eigenvalue weighted by Gasteiger charge is -2.30. The van der Waals surface area contributed by atoms with E-state index in [2.05, 4.69) is 10.3 Å². The minimum absolute atomic E-state index is 0.0632. The number of Topliss-reactive ketones (excluding diaryl/α,β-unsaturated/α-hetero) is 1. The third kappa shape index (κ3) is 4.10. The predicted molar refractivity (Wildman–Crippen MR) is 102 cm³/mol. The van der Waals surface area contributed by atoms with Gasteiger partial charge in [-0.2, -0.15) is 0 Å². The van der Waals surface area contributed by atoms with Gasteiger partial charge in [0.25, 0.3) is 0 Å². The van der Waals surface area contributed by atoms with E-state index in [4.69, 9.17) is 0 Å². The third-order valence-corrected chi connectivity index (χ3v) is 6.15. The van der Waals surface area contributed by atoms with Crippen LogP contribution in [0.5, 0.6) is 0 Å². The largest absolute Gasteiger partial charge is 0.480 e. The van der Waals surface area contributed by atoms with Crippen molar-refractivity contribution < 1.29 is 14.7 Å². The van der Waals surface area contributed by atoms with Gasteiger partial charge in [-0.1, -0.05) is 37.7 Å². The van der Waals surface area contributed by atoms with Crippen LogP contribution >= 0.6 is 11.8 Å². The third-order valence-electron chi connectivity index (χ3n) is 4.76. The van der Waals surface area contributed by atoms with E-state index in [0.29, 0.717) is 5.16 Å². The second-order valence-corrected chi connectivity index (χ2v) is 8.17. The van der Waals surface area contributed by atoms with E-state index in [1.54, 1.807) is 4.57 Å². The Morgan fingerprint density at radius 2 is 2.15 bits per heavy atom. The molecule has 0 saturated carbocycles. The van der Waals surface area contributed by atoms with Gasteiger partial charge in [0, 0.05) is 5.92 Å². The highest BCUT2D eigenvalue weighted by molar-refractivity contribution is 8.00. The zero-order valence-electron chi connectivity index (χ0n) is 15.1. The van der Waals surface area contributed by atoms with Gasteiger partial charge in [-0.25, -0.2) is 4.98 Å². The Balaban J connectivity index is 1.97. The summed E-state index contributed by atoms with van der Waals surface area (Å²) < 4.78 is 1.71. The van der Waals surface area contributed by atoms with Crippen LogP contribution in [-0.4, -0.2) is 44.7 Å². The van der Waals surface area contributed by atoms with Crippen molar-refractivity contribution in [2.24, 2.45) is 11.8 Å². The van der Waals surface area contributed by atoms with Crippen LogP contribution in [0, 0.1) is 11.8 Å². The number of carboxylic acids is 1. The number of aliphatic carboxylic acids is 1. The number of carboxylic acid groups (broad SMARTS) is 1. The Morgan fingerprint density at radius 3 is 2.81 bits per heavy atom. The van der Waals surface area contributed by atoms with Gasteiger partial charge in [-0.3, -0.25) is 9.59 Å². The van der Waals surface area contributed by atoms with Crippen LogP contribution < -0.4 is 5.32 Å². The number of hydrogen-bond acceptors (Lipinski definition) is 5. The molecule has 0 amide bonds. The molecule has 140 valence electrons. The van der Waals surface area contributed by atoms with Crippen molar-refractivity contribution in [2.75, 3.05) is 13.1 Å². The van der Waals surface area contributed by atoms with Gasteiger partial charge in [0.05, 0.1) is 16.3 Å². The van der Waals surface area contributed by atoms with Crippen molar-refractivity contribution in [3.05, 3.63) is 24.3 Å². The summed E-state index contributed by atoms with van der Waals surface area (Å²) >= 11 is 1.42. The van der Waals surface area contributed by atoms with Crippen LogP contribution in [0.3, 0.4) is 0 Å². The molecule has 1 aromatic carbocycles. The Labute approximate surface area is 157 Å². The highest BCUT2D eigenvalue weighted by Crippen LogP contribution is 2.34. The molecule has 1 fully saturated rings. The molecule has 2 atom stereocenters. The summed E-state index contributed by atoms with van der Waals surface area (Å²) in [5.74, 6) is -0.535.